The van der Waals surface area contributed by atoms with Crippen molar-refractivity contribution < 1.29 is 14.3 Å². The van der Waals surface area contributed by atoms with E-state index in [4.69, 9.17) is 0 Å². The number of ketones is 1. The van der Waals surface area contributed by atoms with Crippen LogP contribution in [0.5, 0.6) is 0 Å². The fraction of sp³-hybridized carbons (Fsp3) is 0.250. The monoisotopic (exact) mass is 312 g/mol. The topological polar surface area (TPSA) is 37.3 Å². The molecule has 1 unspecified atom stereocenters. The van der Waals surface area contributed by atoms with E-state index in [-0.39, 0.29) is 11.6 Å². The Morgan fingerprint density at radius 1 is 1.22 bits per heavy atom. The molecule has 1 aliphatic carbocycles. The molecule has 0 bridgehead atoms. The molecule has 0 heterocycles. The van der Waals surface area contributed by atoms with Crippen molar-refractivity contribution in [3.05, 3.63) is 77.2 Å². The lowest BCUT2D eigenvalue weighted by Crippen LogP contribution is -2.01. The summed E-state index contributed by atoms with van der Waals surface area (Å²) in [5.41, 5.74) is 2.20. The SMILES string of the molecule is CCCCC(O)C=CC=C1C(=O)C=CC1=Cc1ccc(F)cc1. The van der Waals surface area contributed by atoms with Gasteiger partial charge in [0.15, 0.2) is 5.78 Å². The van der Waals surface area contributed by atoms with Crippen molar-refractivity contribution in [2.45, 2.75) is 32.3 Å². The summed E-state index contributed by atoms with van der Waals surface area (Å²) in [7, 11) is 0. The smallest absolute Gasteiger partial charge is 0.186 e. The van der Waals surface area contributed by atoms with Gasteiger partial charge in [0.25, 0.3) is 0 Å². The number of allylic oxidation sites excluding steroid dienone is 6. The zero-order valence-electron chi connectivity index (χ0n) is 13.2. The number of benzene rings is 1. The van der Waals surface area contributed by atoms with Gasteiger partial charge in [-0.3, -0.25) is 4.79 Å². The van der Waals surface area contributed by atoms with Gasteiger partial charge in [0.2, 0.25) is 0 Å². The number of halogens is 1. The molecule has 0 saturated heterocycles. The summed E-state index contributed by atoms with van der Waals surface area (Å²) in [6.07, 6.45) is 12.5. The average molecular weight is 312 g/mol. The van der Waals surface area contributed by atoms with Crippen LogP contribution in [0.25, 0.3) is 6.08 Å². The second kappa shape index (κ2) is 8.39. The average Bonchev–Trinajstić information content (AvgIpc) is 2.88. The second-order valence-corrected chi connectivity index (χ2v) is 5.52. The first kappa shape index (κ1) is 17.1. The van der Waals surface area contributed by atoms with Gasteiger partial charge in [-0.05, 0) is 41.8 Å². The molecule has 2 rings (SSSR count). The molecule has 0 amide bonds. The fourth-order valence-corrected chi connectivity index (χ4v) is 2.32. The highest BCUT2D eigenvalue weighted by Crippen LogP contribution is 2.23. The van der Waals surface area contributed by atoms with Crippen molar-refractivity contribution in [1.29, 1.82) is 0 Å². The molecule has 2 nitrogen and oxygen atoms in total. The zero-order chi connectivity index (χ0) is 16.7. The minimum absolute atomic E-state index is 0.0638. The van der Waals surface area contributed by atoms with Crippen LogP contribution in [-0.4, -0.2) is 17.0 Å². The Bertz CT molecular complexity index is 663. The van der Waals surface area contributed by atoms with E-state index >= 15 is 0 Å². The summed E-state index contributed by atoms with van der Waals surface area (Å²) in [5.74, 6) is -0.351. The molecular weight excluding hydrogens is 291 g/mol. The lowest BCUT2D eigenvalue weighted by atomic mass is 10.0. The van der Waals surface area contributed by atoms with Gasteiger partial charge in [-0.25, -0.2) is 4.39 Å². The zero-order valence-corrected chi connectivity index (χ0v) is 13.2. The first-order valence-electron chi connectivity index (χ1n) is 7.86. The highest BCUT2D eigenvalue weighted by Gasteiger charge is 2.15. The predicted octanol–water partition coefficient (Wildman–Crippen LogP) is 4.38. The van der Waals surface area contributed by atoms with Crippen molar-refractivity contribution in [3.63, 3.8) is 0 Å². The van der Waals surface area contributed by atoms with E-state index in [2.05, 4.69) is 6.92 Å². The molecule has 1 aromatic carbocycles. The van der Waals surface area contributed by atoms with Crippen LogP contribution < -0.4 is 0 Å². The van der Waals surface area contributed by atoms with Gasteiger partial charge >= 0.3 is 0 Å². The molecule has 0 saturated carbocycles. The Hall–Kier alpha value is -2.26. The Kier molecular flexibility index (Phi) is 6.24. The third-order valence-electron chi connectivity index (χ3n) is 3.63. The standard InChI is InChI=1S/C20H21FO2/c1-2-3-5-18(22)6-4-7-19-16(10-13-20(19)23)14-15-8-11-17(21)12-9-15/h4,6-14,18,22H,2-3,5H2,1H3. The number of aliphatic hydroxyl groups excluding tert-OH is 1. The number of rotatable bonds is 6. The summed E-state index contributed by atoms with van der Waals surface area (Å²) >= 11 is 0. The molecule has 0 aliphatic heterocycles. The van der Waals surface area contributed by atoms with E-state index in [0.717, 1.165) is 30.4 Å². The molecule has 120 valence electrons. The van der Waals surface area contributed by atoms with Crippen molar-refractivity contribution in [1.82, 2.24) is 0 Å². The fourth-order valence-electron chi connectivity index (χ4n) is 2.32. The maximum absolute atomic E-state index is 12.9. The van der Waals surface area contributed by atoms with E-state index < -0.39 is 6.10 Å². The minimum Gasteiger partial charge on any atom is -0.389 e. The molecule has 1 aliphatic rings. The van der Waals surface area contributed by atoms with Crippen LogP contribution in [0, 0.1) is 5.82 Å². The van der Waals surface area contributed by atoms with Crippen molar-refractivity contribution in [3.8, 4) is 0 Å². The molecule has 1 N–H and O–H groups in total. The lowest BCUT2D eigenvalue weighted by molar-refractivity contribution is -0.110. The Labute approximate surface area is 136 Å². The van der Waals surface area contributed by atoms with E-state index in [1.54, 1.807) is 36.4 Å². The van der Waals surface area contributed by atoms with Gasteiger partial charge in [0.1, 0.15) is 5.82 Å². The van der Waals surface area contributed by atoms with Gasteiger partial charge in [0.05, 0.1) is 6.10 Å². The number of aliphatic hydroxyl groups is 1. The maximum atomic E-state index is 12.9. The summed E-state index contributed by atoms with van der Waals surface area (Å²) in [5, 5.41) is 9.78. The molecular formula is C20H21FO2. The molecule has 1 atom stereocenters. The molecule has 1 aromatic rings. The molecule has 0 radical (unpaired) electrons. The lowest BCUT2D eigenvalue weighted by Gasteiger charge is -2.03. The summed E-state index contributed by atoms with van der Waals surface area (Å²) in [4.78, 5) is 11.9. The van der Waals surface area contributed by atoms with Crippen LogP contribution in [-0.2, 0) is 4.79 Å². The van der Waals surface area contributed by atoms with Gasteiger partial charge in [-0.2, -0.15) is 0 Å². The van der Waals surface area contributed by atoms with Crippen molar-refractivity contribution in [2.75, 3.05) is 0 Å². The molecule has 0 spiro atoms. The molecule has 0 aromatic heterocycles. The first-order chi connectivity index (χ1) is 11.1. The Morgan fingerprint density at radius 3 is 2.65 bits per heavy atom. The number of hydrogen-bond acceptors (Lipinski definition) is 2. The second-order valence-electron chi connectivity index (χ2n) is 5.52. The number of carbonyl (C=O) groups excluding carboxylic acids is 1. The molecule has 3 heteroatoms. The molecule has 23 heavy (non-hydrogen) atoms. The van der Waals surface area contributed by atoms with Crippen molar-refractivity contribution >= 4 is 11.9 Å². The number of unbranched alkanes of at least 4 members (excludes halogenated alkanes) is 1. The number of carbonyl (C=O) groups is 1. The van der Waals surface area contributed by atoms with Gasteiger partial charge in [-0.15, -0.1) is 0 Å². The highest BCUT2D eigenvalue weighted by atomic mass is 19.1. The van der Waals surface area contributed by atoms with E-state index in [1.165, 1.54) is 18.2 Å². The van der Waals surface area contributed by atoms with Gasteiger partial charge < -0.3 is 5.11 Å². The molecule has 0 fully saturated rings. The Balaban J connectivity index is 2.12. The summed E-state index contributed by atoms with van der Waals surface area (Å²) in [6, 6.07) is 6.11. The number of hydrogen-bond donors (Lipinski definition) is 1. The van der Waals surface area contributed by atoms with E-state index in [0.29, 0.717) is 5.57 Å². The van der Waals surface area contributed by atoms with Crippen molar-refractivity contribution in [2.24, 2.45) is 0 Å². The minimum atomic E-state index is -0.485. The first-order valence-corrected chi connectivity index (χ1v) is 7.86. The van der Waals surface area contributed by atoms with Crippen LogP contribution >= 0.6 is 0 Å². The van der Waals surface area contributed by atoms with Crippen LogP contribution in [0.15, 0.2) is 65.8 Å². The van der Waals surface area contributed by atoms with Crippen LogP contribution in [0.2, 0.25) is 0 Å². The van der Waals surface area contributed by atoms with Gasteiger partial charge in [0, 0.05) is 5.57 Å². The highest BCUT2D eigenvalue weighted by molar-refractivity contribution is 6.13. The van der Waals surface area contributed by atoms with E-state index in [9.17, 15) is 14.3 Å². The van der Waals surface area contributed by atoms with Crippen LogP contribution in [0.4, 0.5) is 4.39 Å². The third-order valence-corrected chi connectivity index (χ3v) is 3.63. The van der Waals surface area contributed by atoms with Gasteiger partial charge in [-0.1, -0.05) is 56.2 Å². The predicted molar refractivity (Wildman–Crippen MR) is 91.3 cm³/mol. The third kappa shape index (κ3) is 5.15. The normalized spacial score (nSPS) is 19.3. The quantitative estimate of drug-likeness (QED) is 0.791. The maximum Gasteiger partial charge on any atom is 0.186 e. The largest absolute Gasteiger partial charge is 0.389 e. The summed E-state index contributed by atoms with van der Waals surface area (Å²) < 4.78 is 12.9. The van der Waals surface area contributed by atoms with Crippen LogP contribution in [0.1, 0.15) is 31.7 Å². The van der Waals surface area contributed by atoms with Crippen LogP contribution in [0.3, 0.4) is 0 Å². The summed E-state index contributed by atoms with van der Waals surface area (Å²) in [6.45, 7) is 2.08. The Morgan fingerprint density at radius 2 is 1.96 bits per heavy atom. The van der Waals surface area contributed by atoms with E-state index in [1.807, 2.05) is 6.08 Å².